The minimum atomic E-state index is 0.00176. The first-order valence-corrected chi connectivity index (χ1v) is 5.44. The molecule has 3 nitrogen and oxygen atoms in total. The van der Waals surface area contributed by atoms with Crippen LogP contribution in [0.1, 0.15) is 42.9 Å². The predicted molar refractivity (Wildman–Crippen MR) is 56.3 cm³/mol. The molecule has 4 heteroatoms. The molecule has 0 unspecified atom stereocenters. The maximum atomic E-state index is 11.8. The Morgan fingerprint density at radius 1 is 1.40 bits per heavy atom. The summed E-state index contributed by atoms with van der Waals surface area (Å²) < 4.78 is 0.704. The first kappa shape index (κ1) is 10.3. The Hall–Kier alpha value is -1.27. The van der Waals surface area contributed by atoms with Crippen molar-refractivity contribution >= 4 is 11.6 Å². The van der Waals surface area contributed by atoms with E-state index in [0.29, 0.717) is 16.3 Å². The van der Waals surface area contributed by atoms with Gasteiger partial charge in [0.05, 0.1) is 0 Å². The summed E-state index contributed by atoms with van der Waals surface area (Å²) in [6, 6.07) is 5.26. The molecule has 0 bridgehead atoms. The van der Waals surface area contributed by atoms with Crippen LogP contribution in [0, 0.1) is 16.5 Å². The van der Waals surface area contributed by atoms with Crippen LogP contribution in [0.25, 0.3) is 0 Å². The SMILES string of the molecule is N#Cc1ccc(C2CCCC2)[n+]([O-])c1Cl. The van der Waals surface area contributed by atoms with E-state index < -0.39 is 0 Å². The summed E-state index contributed by atoms with van der Waals surface area (Å²) >= 11 is 5.80. The highest BCUT2D eigenvalue weighted by atomic mass is 35.5. The molecule has 1 fully saturated rings. The van der Waals surface area contributed by atoms with E-state index in [2.05, 4.69) is 0 Å². The molecule has 0 spiro atoms. The molecule has 0 aromatic carbocycles. The Bertz CT molecular complexity index is 419. The smallest absolute Gasteiger partial charge is 0.304 e. The van der Waals surface area contributed by atoms with Crippen molar-refractivity contribution in [1.29, 1.82) is 5.26 Å². The minimum absolute atomic E-state index is 0.00176. The van der Waals surface area contributed by atoms with Crippen molar-refractivity contribution in [2.75, 3.05) is 0 Å². The fourth-order valence-corrected chi connectivity index (χ4v) is 2.34. The largest absolute Gasteiger partial charge is 0.617 e. The van der Waals surface area contributed by atoms with Gasteiger partial charge in [0.15, 0.2) is 5.69 Å². The fraction of sp³-hybridized carbons (Fsp3) is 0.455. The van der Waals surface area contributed by atoms with Crippen molar-refractivity contribution in [3.63, 3.8) is 0 Å². The van der Waals surface area contributed by atoms with Gasteiger partial charge in [-0.2, -0.15) is 9.99 Å². The molecule has 1 saturated carbocycles. The number of hydrogen-bond acceptors (Lipinski definition) is 2. The molecule has 0 amide bonds. The second-order valence-electron chi connectivity index (χ2n) is 3.85. The molecule has 15 heavy (non-hydrogen) atoms. The number of pyridine rings is 1. The lowest BCUT2D eigenvalue weighted by Gasteiger charge is -2.11. The van der Waals surface area contributed by atoms with E-state index in [0.717, 1.165) is 12.8 Å². The molecule has 0 saturated heterocycles. The molecule has 0 N–H and O–H groups in total. The highest BCUT2D eigenvalue weighted by molar-refractivity contribution is 6.29. The predicted octanol–water partition coefficient (Wildman–Crippen LogP) is 2.50. The van der Waals surface area contributed by atoms with E-state index >= 15 is 0 Å². The molecule has 1 aromatic rings. The number of halogens is 1. The van der Waals surface area contributed by atoms with Crippen molar-refractivity contribution in [3.05, 3.63) is 33.8 Å². The topological polar surface area (TPSA) is 50.7 Å². The van der Waals surface area contributed by atoms with E-state index in [1.165, 1.54) is 12.8 Å². The van der Waals surface area contributed by atoms with Gasteiger partial charge >= 0.3 is 5.15 Å². The lowest BCUT2D eigenvalue weighted by molar-refractivity contribution is -0.613. The van der Waals surface area contributed by atoms with E-state index in [4.69, 9.17) is 16.9 Å². The average Bonchev–Trinajstić information content (AvgIpc) is 2.75. The molecule has 1 aliphatic carbocycles. The number of nitriles is 1. The molecule has 1 aliphatic rings. The highest BCUT2D eigenvalue weighted by Gasteiger charge is 2.26. The number of hydrogen-bond donors (Lipinski definition) is 0. The van der Waals surface area contributed by atoms with E-state index in [1.807, 2.05) is 6.07 Å². The van der Waals surface area contributed by atoms with Crippen LogP contribution in [0.5, 0.6) is 0 Å². The van der Waals surface area contributed by atoms with Crippen LogP contribution in [0.2, 0.25) is 5.15 Å². The molecule has 0 atom stereocenters. The summed E-state index contributed by atoms with van der Waals surface area (Å²) in [5.74, 6) is 0.313. The van der Waals surface area contributed by atoms with Crippen LogP contribution in [-0.2, 0) is 0 Å². The first-order valence-electron chi connectivity index (χ1n) is 5.06. The summed E-state index contributed by atoms with van der Waals surface area (Å²) in [5.41, 5.74) is 0.949. The monoisotopic (exact) mass is 222 g/mol. The summed E-state index contributed by atoms with van der Waals surface area (Å²) in [6.45, 7) is 0. The lowest BCUT2D eigenvalue weighted by Crippen LogP contribution is -2.35. The molecular weight excluding hydrogens is 212 g/mol. The molecule has 2 rings (SSSR count). The maximum absolute atomic E-state index is 11.8. The summed E-state index contributed by atoms with van der Waals surface area (Å²) in [7, 11) is 0. The Balaban J connectivity index is 2.42. The number of nitrogens with zero attached hydrogens (tertiary/aromatic N) is 2. The zero-order valence-electron chi connectivity index (χ0n) is 8.24. The quantitative estimate of drug-likeness (QED) is 0.417. The van der Waals surface area contributed by atoms with Crippen LogP contribution in [-0.4, -0.2) is 0 Å². The summed E-state index contributed by atoms with van der Waals surface area (Å²) in [5, 5.41) is 20.5. The van der Waals surface area contributed by atoms with Crippen LogP contribution >= 0.6 is 11.6 Å². The Morgan fingerprint density at radius 3 is 2.67 bits per heavy atom. The van der Waals surface area contributed by atoms with Crippen molar-refractivity contribution in [2.24, 2.45) is 0 Å². The van der Waals surface area contributed by atoms with Gasteiger partial charge in [0.25, 0.3) is 0 Å². The van der Waals surface area contributed by atoms with Gasteiger partial charge in [-0.15, -0.1) is 0 Å². The van der Waals surface area contributed by atoms with Gasteiger partial charge in [-0.1, -0.05) is 12.8 Å². The third-order valence-corrected chi connectivity index (χ3v) is 3.31. The lowest BCUT2D eigenvalue weighted by atomic mass is 10.0. The second kappa shape index (κ2) is 4.08. The molecule has 1 aromatic heterocycles. The van der Waals surface area contributed by atoms with Gasteiger partial charge in [0.2, 0.25) is 0 Å². The molecule has 78 valence electrons. The molecule has 0 aliphatic heterocycles. The highest BCUT2D eigenvalue weighted by Crippen LogP contribution is 2.32. The van der Waals surface area contributed by atoms with Crippen LogP contribution in [0.3, 0.4) is 0 Å². The zero-order chi connectivity index (χ0) is 10.8. The van der Waals surface area contributed by atoms with Crippen LogP contribution in [0.4, 0.5) is 0 Å². The Morgan fingerprint density at radius 2 is 2.07 bits per heavy atom. The van der Waals surface area contributed by atoms with Gasteiger partial charge in [0.1, 0.15) is 11.6 Å². The van der Waals surface area contributed by atoms with Gasteiger partial charge in [-0.25, -0.2) is 0 Å². The van der Waals surface area contributed by atoms with Crippen molar-refractivity contribution in [1.82, 2.24) is 0 Å². The molecular formula is C11H11ClN2O. The normalized spacial score (nSPS) is 16.5. The molecule has 0 radical (unpaired) electrons. The minimum Gasteiger partial charge on any atom is -0.617 e. The van der Waals surface area contributed by atoms with Crippen molar-refractivity contribution < 1.29 is 4.73 Å². The molecule has 1 heterocycles. The Labute approximate surface area is 93.5 Å². The number of aromatic nitrogens is 1. The summed E-state index contributed by atoms with van der Waals surface area (Å²) in [4.78, 5) is 0. The fourth-order valence-electron chi connectivity index (χ4n) is 2.13. The average molecular weight is 223 g/mol. The van der Waals surface area contributed by atoms with Crippen LogP contribution < -0.4 is 4.73 Å². The third kappa shape index (κ3) is 1.78. The van der Waals surface area contributed by atoms with Gasteiger partial charge < -0.3 is 5.21 Å². The van der Waals surface area contributed by atoms with Gasteiger partial charge in [0, 0.05) is 12.0 Å². The third-order valence-electron chi connectivity index (χ3n) is 2.95. The standard InChI is InChI=1S/C11H11ClN2O/c12-11-9(7-13)5-6-10(14(11)15)8-3-1-2-4-8/h5-6,8H,1-4H2. The van der Waals surface area contributed by atoms with Gasteiger partial charge in [-0.3, -0.25) is 0 Å². The maximum Gasteiger partial charge on any atom is 0.304 e. The zero-order valence-corrected chi connectivity index (χ0v) is 9.00. The van der Waals surface area contributed by atoms with Gasteiger partial charge in [-0.05, 0) is 30.5 Å². The van der Waals surface area contributed by atoms with E-state index in [-0.39, 0.29) is 10.7 Å². The number of rotatable bonds is 1. The van der Waals surface area contributed by atoms with E-state index in [9.17, 15) is 5.21 Å². The second-order valence-corrected chi connectivity index (χ2v) is 4.21. The first-order chi connectivity index (χ1) is 7.24. The van der Waals surface area contributed by atoms with Crippen molar-refractivity contribution in [3.8, 4) is 6.07 Å². The van der Waals surface area contributed by atoms with Crippen molar-refractivity contribution in [2.45, 2.75) is 31.6 Å². The summed E-state index contributed by atoms with van der Waals surface area (Å²) in [6.07, 6.45) is 4.43. The van der Waals surface area contributed by atoms with Crippen LogP contribution in [0.15, 0.2) is 12.1 Å². The Kier molecular flexibility index (Phi) is 2.79. The van der Waals surface area contributed by atoms with E-state index in [1.54, 1.807) is 12.1 Å².